The van der Waals surface area contributed by atoms with Gasteiger partial charge < -0.3 is 16.2 Å². The van der Waals surface area contributed by atoms with Crippen molar-refractivity contribution >= 4 is 12.2 Å². The second-order valence-electron chi connectivity index (χ2n) is 2.90. The normalized spacial score (nSPS) is 10.5. The topological polar surface area (TPSA) is 86.0 Å². The van der Waals surface area contributed by atoms with Gasteiger partial charge in [-0.05, 0) is 5.56 Å². The monoisotopic (exact) mass is 206 g/mol. The molecule has 15 heavy (non-hydrogen) atoms. The Labute approximate surface area is 88.4 Å². The zero-order chi connectivity index (χ0) is 11.1. The molecule has 5 heteroatoms. The van der Waals surface area contributed by atoms with Crippen LogP contribution in [0.2, 0.25) is 0 Å². The van der Waals surface area contributed by atoms with E-state index in [1.54, 1.807) is 13.3 Å². The van der Waals surface area contributed by atoms with Crippen LogP contribution in [0.3, 0.4) is 0 Å². The molecule has 0 aromatic heterocycles. The quantitative estimate of drug-likeness (QED) is 0.426. The molecule has 0 spiro atoms. The first-order valence-corrected chi connectivity index (χ1v) is 4.43. The van der Waals surface area contributed by atoms with Crippen LogP contribution in [0.1, 0.15) is 11.1 Å². The minimum Gasteiger partial charge on any atom is -0.380 e. The van der Waals surface area contributed by atoms with E-state index in [9.17, 15) is 0 Å². The molecule has 0 fully saturated rings. The van der Waals surface area contributed by atoms with Crippen LogP contribution >= 0.6 is 0 Å². The number of rotatable bonds is 4. The molecular weight excluding hydrogens is 192 g/mol. The average Bonchev–Trinajstić information content (AvgIpc) is 2.20. The van der Waals surface area contributed by atoms with Crippen LogP contribution in [-0.2, 0) is 11.3 Å². The third-order valence-electron chi connectivity index (χ3n) is 1.72. The lowest BCUT2D eigenvalue weighted by molar-refractivity contribution is 0.185. The molecule has 1 rings (SSSR count). The molecule has 0 amide bonds. The minimum absolute atomic E-state index is 0.0597. The number of hydrogen-bond donors (Lipinski definition) is 2. The highest BCUT2D eigenvalue weighted by atomic mass is 16.5. The zero-order valence-electron chi connectivity index (χ0n) is 8.55. The average molecular weight is 206 g/mol. The Balaban J connectivity index is 2.84. The third-order valence-corrected chi connectivity index (χ3v) is 1.72. The van der Waals surface area contributed by atoms with Gasteiger partial charge in [-0.2, -0.15) is 5.10 Å². The molecule has 0 aliphatic rings. The van der Waals surface area contributed by atoms with E-state index in [0.29, 0.717) is 6.61 Å². The van der Waals surface area contributed by atoms with Crippen molar-refractivity contribution in [3.05, 3.63) is 35.4 Å². The van der Waals surface area contributed by atoms with E-state index in [2.05, 4.69) is 10.2 Å². The van der Waals surface area contributed by atoms with Gasteiger partial charge >= 0.3 is 0 Å². The predicted molar refractivity (Wildman–Crippen MR) is 60.6 cm³/mol. The lowest BCUT2D eigenvalue weighted by atomic mass is 10.1. The number of nitrogens with two attached hydrogens (primary N) is 2. The molecule has 0 aliphatic heterocycles. The summed E-state index contributed by atoms with van der Waals surface area (Å²) in [6, 6.07) is 7.72. The Morgan fingerprint density at radius 2 is 2.13 bits per heavy atom. The van der Waals surface area contributed by atoms with Gasteiger partial charge in [-0.1, -0.05) is 24.3 Å². The van der Waals surface area contributed by atoms with Gasteiger partial charge in [0.1, 0.15) is 0 Å². The van der Waals surface area contributed by atoms with Gasteiger partial charge in [0.2, 0.25) is 5.96 Å². The number of nitrogens with zero attached hydrogens (tertiary/aromatic N) is 2. The van der Waals surface area contributed by atoms with Crippen molar-refractivity contribution in [2.45, 2.75) is 6.61 Å². The maximum Gasteiger partial charge on any atom is 0.211 e. The largest absolute Gasteiger partial charge is 0.380 e. The second-order valence-corrected chi connectivity index (χ2v) is 2.90. The predicted octanol–water partition coefficient (Wildman–Crippen LogP) is 0.440. The lowest BCUT2D eigenvalue weighted by Gasteiger charge is -2.02. The molecule has 0 atom stereocenters. The summed E-state index contributed by atoms with van der Waals surface area (Å²) in [5.74, 6) is -0.0597. The first-order chi connectivity index (χ1) is 7.24. The fourth-order valence-corrected chi connectivity index (χ4v) is 1.10. The Bertz CT molecular complexity index is 369. The van der Waals surface area contributed by atoms with Crippen LogP contribution < -0.4 is 11.5 Å². The summed E-state index contributed by atoms with van der Waals surface area (Å²) >= 11 is 0. The smallest absolute Gasteiger partial charge is 0.211 e. The van der Waals surface area contributed by atoms with Crippen molar-refractivity contribution in [1.82, 2.24) is 0 Å². The van der Waals surface area contributed by atoms with Crippen LogP contribution in [0.4, 0.5) is 0 Å². The van der Waals surface area contributed by atoms with Crippen molar-refractivity contribution in [1.29, 1.82) is 0 Å². The summed E-state index contributed by atoms with van der Waals surface area (Å²) in [6.45, 7) is 0.532. The van der Waals surface area contributed by atoms with Gasteiger partial charge in [0, 0.05) is 12.7 Å². The van der Waals surface area contributed by atoms with Crippen LogP contribution in [-0.4, -0.2) is 19.3 Å². The van der Waals surface area contributed by atoms with Crippen LogP contribution in [0.5, 0.6) is 0 Å². The summed E-state index contributed by atoms with van der Waals surface area (Å²) in [6.07, 6.45) is 1.59. The number of guanidine groups is 1. The fourth-order valence-electron chi connectivity index (χ4n) is 1.10. The van der Waals surface area contributed by atoms with Crippen molar-refractivity contribution in [2.75, 3.05) is 7.11 Å². The Morgan fingerprint density at radius 3 is 2.80 bits per heavy atom. The molecule has 80 valence electrons. The molecule has 0 heterocycles. The van der Waals surface area contributed by atoms with E-state index in [4.69, 9.17) is 16.2 Å². The summed E-state index contributed by atoms with van der Waals surface area (Å²) < 4.78 is 5.05. The maximum atomic E-state index is 5.14. The van der Waals surface area contributed by atoms with E-state index in [-0.39, 0.29) is 5.96 Å². The molecule has 5 nitrogen and oxygen atoms in total. The molecule has 0 radical (unpaired) electrons. The molecule has 1 aromatic rings. The van der Waals surface area contributed by atoms with Gasteiger partial charge in [-0.25, -0.2) is 0 Å². The first-order valence-electron chi connectivity index (χ1n) is 4.43. The van der Waals surface area contributed by atoms with Crippen molar-refractivity contribution in [3.63, 3.8) is 0 Å². The Kier molecular flexibility index (Phi) is 4.30. The summed E-state index contributed by atoms with van der Waals surface area (Å²) in [5.41, 5.74) is 12.3. The van der Waals surface area contributed by atoms with E-state index in [1.807, 2.05) is 24.3 Å². The third kappa shape index (κ3) is 3.78. The molecule has 0 saturated carbocycles. The molecular formula is C10H14N4O. The summed E-state index contributed by atoms with van der Waals surface area (Å²) in [5, 5.41) is 7.26. The van der Waals surface area contributed by atoms with Crippen LogP contribution in [0.15, 0.2) is 34.5 Å². The Morgan fingerprint density at radius 1 is 1.40 bits per heavy atom. The molecule has 0 bridgehead atoms. The van der Waals surface area contributed by atoms with Crippen LogP contribution in [0, 0.1) is 0 Å². The number of methoxy groups -OCH3 is 1. The molecule has 1 aromatic carbocycles. The number of ether oxygens (including phenoxy) is 1. The van der Waals surface area contributed by atoms with Gasteiger partial charge in [0.05, 0.1) is 12.8 Å². The summed E-state index contributed by atoms with van der Waals surface area (Å²) in [4.78, 5) is 0. The minimum atomic E-state index is -0.0597. The highest BCUT2D eigenvalue weighted by molar-refractivity contribution is 5.83. The van der Waals surface area contributed by atoms with E-state index < -0.39 is 0 Å². The van der Waals surface area contributed by atoms with Gasteiger partial charge in [-0.15, -0.1) is 5.10 Å². The molecule has 0 aliphatic carbocycles. The number of benzene rings is 1. The van der Waals surface area contributed by atoms with Crippen LogP contribution in [0.25, 0.3) is 0 Å². The van der Waals surface area contributed by atoms with Gasteiger partial charge in [-0.3, -0.25) is 0 Å². The maximum absolute atomic E-state index is 5.14. The molecule has 0 saturated heterocycles. The van der Waals surface area contributed by atoms with Gasteiger partial charge in [0.15, 0.2) is 0 Å². The van der Waals surface area contributed by atoms with Crippen molar-refractivity contribution < 1.29 is 4.74 Å². The van der Waals surface area contributed by atoms with Crippen molar-refractivity contribution in [2.24, 2.45) is 21.7 Å². The van der Waals surface area contributed by atoms with E-state index in [0.717, 1.165) is 11.1 Å². The SMILES string of the molecule is COCc1ccccc1C=NN=C(N)N. The molecule has 0 unspecified atom stereocenters. The highest BCUT2D eigenvalue weighted by Crippen LogP contribution is 2.07. The first kappa shape index (κ1) is 11.2. The Hall–Kier alpha value is -1.88. The zero-order valence-corrected chi connectivity index (χ0v) is 8.55. The standard InChI is InChI=1S/C10H14N4O/c1-15-7-9-5-3-2-4-8(9)6-13-14-10(11)12/h2-6H,7H2,1H3,(H4,11,12,14). The lowest BCUT2D eigenvalue weighted by Crippen LogP contribution is -2.21. The van der Waals surface area contributed by atoms with Crippen molar-refractivity contribution in [3.8, 4) is 0 Å². The van der Waals surface area contributed by atoms with Gasteiger partial charge in [0.25, 0.3) is 0 Å². The van der Waals surface area contributed by atoms with E-state index in [1.165, 1.54) is 0 Å². The second kappa shape index (κ2) is 5.77. The van der Waals surface area contributed by atoms with E-state index >= 15 is 0 Å². The fraction of sp³-hybridized carbons (Fsp3) is 0.200. The summed E-state index contributed by atoms with van der Waals surface area (Å²) in [7, 11) is 1.64. The highest BCUT2D eigenvalue weighted by Gasteiger charge is 1.97. The number of hydrogen-bond acceptors (Lipinski definition) is 3. The molecule has 4 N–H and O–H groups in total.